The highest BCUT2D eigenvalue weighted by atomic mass is 19.4. The molecule has 0 bridgehead atoms. The van der Waals surface area contributed by atoms with E-state index in [1.54, 1.807) is 4.90 Å². The third-order valence-electron chi connectivity index (χ3n) is 5.82. The van der Waals surface area contributed by atoms with Crippen LogP contribution in [0.25, 0.3) is 5.65 Å². The van der Waals surface area contributed by atoms with E-state index in [4.69, 9.17) is 0 Å². The summed E-state index contributed by atoms with van der Waals surface area (Å²) in [5.41, 5.74) is 4.17. The molecule has 3 aromatic rings. The van der Waals surface area contributed by atoms with Crippen LogP contribution in [-0.2, 0) is 23.9 Å². The summed E-state index contributed by atoms with van der Waals surface area (Å²) >= 11 is 0. The second-order valence-corrected chi connectivity index (χ2v) is 8.10. The summed E-state index contributed by atoms with van der Waals surface area (Å²) in [7, 11) is 0. The topological polar surface area (TPSA) is 40.9 Å². The van der Waals surface area contributed by atoms with Gasteiger partial charge in [0.15, 0.2) is 0 Å². The number of amides is 1. The van der Waals surface area contributed by atoms with Crippen LogP contribution in [0.15, 0.2) is 42.6 Å². The molecule has 0 atom stereocenters. The van der Waals surface area contributed by atoms with Gasteiger partial charge < -0.3 is 9.30 Å². The van der Waals surface area contributed by atoms with E-state index in [-0.39, 0.29) is 12.3 Å². The van der Waals surface area contributed by atoms with Crippen molar-refractivity contribution in [1.29, 1.82) is 0 Å². The molecule has 0 N–H and O–H groups in total. The zero-order valence-electron chi connectivity index (χ0n) is 17.6. The average molecular weight is 430 g/mol. The number of imidazole rings is 1. The highest BCUT2D eigenvalue weighted by Crippen LogP contribution is 2.29. The standard InChI is InChI=1S/C23H25F3N4O/c1-16-7-8-30-20(17(2)27-21(30)13-16)15-28-9-11-29(12-10-28)22(31)14-18-3-5-19(6-4-18)23(24,25)26/h3-8,13H,9-12,14-15H2,1-2H3. The monoisotopic (exact) mass is 430 g/mol. The number of rotatable bonds is 4. The number of pyridine rings is 1. The zero-order chi connectivity index (χ0) is 22.2. The molecule has 1 aliphatic rings. The fourth-order valence-corrected chi connectivity index (χ4v) is 3.97. The number of carbonyl (C=O) groups excluding carboxylic acids is 1. The Bertz CT molecular complexity index is 1080. The summed E-state index contributed by atoms with van der Waals surface area (Å²) in [6.45, 7) is 7.53. The molecule has 0 unspecified atom stereocenters. The number of alkyl halides is 3. The van der Waals surface area contributed by atoms with Crippen LogP contribution in [0.5, 0.6) is 0 Å². The number of hydrogen-bond donors (Lipinski definition) is 0. The molecular formula is C23H25F3N4O. The Morgan fingerprint density at radius 1 is 1.03 bits per heavy atom. The lowest BCUT2D eigenvalue weighted by molar-refractivity contribution is -0.137. The van der Waals surface area contributed by atoms with Gasteiger partial charge in [-0.05, 0) is 49.2 Å². The van der Waals surface area contributed by atoms with Gasteiger partial charge in [-0.15, -0.1) is 0 Å². The largest absolute Gasteiger partial charge is 0.416 e. The molecule has 3 heterocycles. The quantitative estimate of drug-likeness (QED) is 0.631. The predicted molar refractivity (Wildman–Crippen MR) is 112 cm³/mol. The maximum absolute atomic E-state index is 12.7. The van der Waals surface area contributed by atoms with Crippen molar-refractivity contribution in [1.82, 2.24) is 19.2 Å². The Kier molecular flexibility index (Phi) is 5.75. The van der Waals surface area contributed by atoms with E-state index in [1.165, 1.54) is 17.7 Å². The molecule has 2 aromatic heterocycles. The first-order chi connectivity index (χ1) is 14.7. The van der Waals surface area contributed by atoms with Crippen molar-refractivity contribution < 1.29 is 18.0 Å². The summed E-state index contributed by atoms with van der Waals surface area (Å²) in [6.07, 6.45) is -2.20. The number of nitrogens with zero attached hydrogens (tertiary/aromatic N) is 4. The third-order valence-corrected chi connectivity index (χ3v) is 5.82. The minimum Gasteiger partial charge on any atom is -0.340 e. The van der Waals surface area contributed by atoms with Crippen molar-refractivity contribution >= 4 is 11.6 Å². The van der Waals surface area contributed by atoms with Crippen molar-refractivity contribution in [2.75, 3.05) is 26.2 Å². The SMILES string of the molecule is Cc1ccn2c(CN3CCN(C(=O)Cc4ccc(C(F)(F)F)cc4)CC3)c(C)nc2c1. The Morgan fingerprint density at radius 2 is 1.71 bits per heavy atom. The molecular weight excluding hydrogens is 405 g/mol. The molecule has 0 aliphatic carbocycles. The maximum atomic E-state index is 12.7. The minimum atomic E-state index is -4.36. The van der Waals surface area contributed by atoms with Crippen LogP contribution < -0.4 is 0 Å². The Morgan fingerprint density at radius 3 is 2.35 bits per heavy atom. The lowest BCUT2D eigenvalue weighted by Gasteiger charge is -2.34. The minimum absolute atomic E-state index is 0.0548. The third kappa shape index (κ3) is 4.74. The van der Waals surface area contributed by atoms with E-state index in [9.17, 15) is 18.0 Å². The first-order valence-electron chi connectivity index (χ1n) is 10.3. The van der Waals surface area contributed by atoms with Crippen LogP contribution in [0.4, 0.5) is 13.2 Å². The summed E-state index contributed by atoms with van der Waals surface area (Å²) in [5.74, 6) is -0.0548. The van der Waals surface area contributed by atoms with Crippen LogP contribution in [0, 0.1) is 13.8 Å². The molecule has 31 heavy (non-hydrogen) atoms. The fraction of sp³-hybridized carbons (Fsp3) is 0.391. The van der Waals surface area contributed by atoms with Gasteiger partial charge in [-0.25, -0.2) is 4.98 Å². The number of carbonyl (C=O) groups is 1. The molecule has 1 aliphatic heterocycles. The Labute approximate surface area is 179 Å². The second-order valence-electron chi connectivity index (χ2n) is 8.10. The van der Waals surface area contributed by atoms with Crippen molar-refractivity contribution in [3.8, 4) is 0 Å². The second kappa shape index (κ2) is 8.34. The van der Waals surface area contributed by atoms with Gasteiger partial charge in [0.2, 0.25) is 5.91 Å². The Balaban J connectivity index is 1.33. The van der Waals surface area contributed by atoms with E-state index in [0.29, 0.717) is 18.7 Å². The van der Waals surface area contributed by atoms with Gasteiger partial charge in [-0.1, -0.05) is 12.1 Å². The Hall–Kier alpha value is -2.87. The van der Waals surface area contributed by atoms with Crippen LogP contribution in [-0.4, -0.2) is 51.3 Å². The summed E-state index contributed by atoms with van der Waals surface area (Å²) in [6, 6.07) is 8.95. The summed E-state index contributed by atoms with van der Waals surface area (Å²) in [5, 5.41) is 0. The van der Waals surface area contributed by atoms with E-state index in [0.717, 1.165) is 48.8 Å². The molecule has 164 valence electrons. The molecule has 5 nitrogen and oxygen atoms in total. The van der Waals surface area contributed by atoms with Gasteiger partial charge in [0.05, 0.1) is 23.4 Å². The molecule has 8 heteroatoms. The highest BCUT2D eigenvalue weighted by molar-refractivity contribution is 5.78. The van der Waals surface area contributed by atoms with Gasteiger partial charge in [-0.3, -0.25) is 9.69 Å². The van der Waals surface area contributed by atoms with Crippen LogP contribution in [0.2, 0.25) is 0 Å². The molecule has 0 saturated carbocycles. The van der Waals surface area contributed by atoms with Gasteiger partial charge in [0, 0.05) is 38.9 Å². The predicted octanol–water partition coefficient (Wildman–Crippen LogP) is 3.86. The van der Waals surface area contributed by atoms with Crippen molar-refractivity contribution in [2.24, 2.45) is 0 Å². The lowest BCUT2D eigenvalue weighted by Crippen LogP contribution is -2.48. The van der Waals surface area contributed by atoms with Crippen molar-refractivity contribution in [3.05, 3.63) is 70.7 Å². The van der Waals surface area contributed by atoms with E-state index < -0.39 is 11.7 Å². The first-order valence-corrected chi connectivity index (χ1v) is 10.3. The van der Waals surface area contributed by atoms with Gasteiger partial charge in [0.1, 0.15) is 5.65 Å². The normalized spacial score (nSPS) is 15.6. The summed E-state index contributed by atoms with van der Waals surface area (Å²) < 4.78 is 40.2. The number of halogens is 3. The molecule has 4 rings (SSSR count). The van der Waals surface area contributed by atoms with E-state index in [1.807, 2.05) is 20.0 Å². The van der Waals surface area contributed by atoms with Gasteiger partial charge in [0.25, 0.3) is 0 Å². The van der Waals surface area contributed by atoms with Crippen molar-refractivity contribution in [3.63, 3.8) is 0 Å². The number of hydrogen-bond acceptors (Lipinski definition) is 3. The van der Waals surface area contributed by atoms with E-state index >= 15 is 0 Å². The number of fused-ring (bicyclic) bond motifs is 1. The lowest BCUT2D eigenvalue weighted by atomic mass is 10.1. The molecule has 1 fully saturated rings. The molecule has 1 saturated heterocycles. The number of piperazine rings is 1. The zero-order valence-corrected chi connectivity index (χ0v) is 17.6. The summed E-state index contributed by atoms with van der Waals surface area (Å²) in [4.78, 5) is 21.4. The average Bonchev–Trinajstić information content (AvgIpc) is 3.02. The van der Waals surface area contributed by atoms with E-state index in [2.05, 4.69) is 26.4 Å². The first kappa shape index (κ1) is 21.4. The smallest absolute Gasteiger partial charge is 0.340 e. The molecule has 0 radical (unpaired) electrons. The van der Waals surface area contributed by atoms with Crippen LogP contribution in [0.3, 0.4) is 0 Å². The molecule has 1 amide bonds. The fourth-order valence-electron chi connectivity index (χ4n) is 3.97. The van der Waals surface area contributed by atoms with Crippen LogP contribution in [0.1, 0.15) is 28.1 Å². The van der Waals surface area contributed by atoms with Crippen molar-refractivity contribution in [2.45, 2.75) is 33.0 Å². The molecule has 0 spiro atoms. The van der Waals surface area contributed by atoms with Crippen LogP contribution >= 0.6 is 0 Å². The maximum Gasteiger partial charge on any atom is 0.416 e. The number of aromatic nitrogens is 2. The van der Waals surface area contributed by atoms with Gasteiger partial charge >= 0.3 is 6.18 Å². The highest BCUT2D eigenvalue weighted by Gasteiger charge is 2.30. The number of aryl methyl sites for hydroxylation is 2. The number of benzene rings is 1. The van der Waals surface area contributed by atoms with Gasteiger partial charge in [-0.2, -0.15) is 13.2 Å². The molecule has 1 aromatic carbocycles.